The molecule has 1 saturated carbocycles. The van der Waals surface area contributed by atoms with Crippen molar-refractivity contribution >= 4 is 7.82 Å². The van der Waals surface area contributed by atoms with Crippen LogP contribution in [0, 0.1) is 11.8 Å². The fraction of sp³-hybridized carbons (Fsp3) is 0.636. The number of hydrogen-bond acceptors (Lipinski definition) is 7. The predicted octanol–water partition coefficient (Wildman–Crippen LogP) is -1.97. The summed E-state index contributed by atoms with van der Waals surface area (Å²) in [5.74, 6) is -2.25. The molecule has 2 fully saturated rings. The van der Waals surface area contributed by atoms with E-state index in [9.17, 15) is 27.5 Å². The average molecular weight is 534 g/mol. The van der Waals surface area contributed by atoms with E-state index in [1.54, 1.807) is 0 Å². The van der Waals surface area contributed by atoms with Crippen LogP contribution in [0.4, 0.5) is 13.2 Å². The summed E-state index contributed by atoms with van der Waals surface area (Å²) in [7, 11) is -5.28. The molecule has 1 aromatic carbocycles. The molecule has 4 unspecified atom stereocenters. The fourth-order valence-electron chi connectivity index (χ4n) is 6.29. The molecule has 1 spiro atoms. The van der Waals surface area contributed by atoms with E-state index >= 15 is 0 Å². The van der Waals surface area contributed by atoms with Gasteiger partial charge in [0.15, 0.2) is 5.60 Å². The molecule has 3 aliphatic carbocycles. The number of hydrogen-bond donors (Lipinski definition) is 0. The maximum Gasteiger partial charge on any atom is 1.00 e. The molecule has 1 saturated heterocycles. The van der Waals surface area contributed by atoms with Gasteiger partial charge < -0.3 is 23.6 Å². The smallest absolute Gasteiger partial charge is 0.780 e. The maximum absolute atomic E-state index is 13.3. The first-order valence-electron chi connectivity index (χ1n) is 11.1. The van der Waals surface area contributed by atoms with Crippen molar-refractivity contribution in [3.05, 3.63) is 41.0 Å². The summed E-state index contributed by atoms with van der Waals surface area (Å²) in [5.41, 5.74) is 1.81. The van der Waals surface area contributed by atoms with Crippen molar-refractivity contribution in [3.8, 4) is 5.75 Å². The second kappa shape index (κ2) is 11.0. The number of phosphoric acid groups is 1. The van der Waals surface area contributed by atoms with Gasteiger partial charge in [0, 0.05) is 17.4 Å². The van der Waals surface area contributed by atoms with Gasteiger partial charge in [0.25, 0.3) is 5.79 Å². The Bertz CT molecular complexity index is 1000. The van der Waals surface area contributed by atoms with Gasteiger partial charge in [-0.15, -0.1) is 0 Å². The van der Waals surface area contributed by atoms with E-state index in [1.165, 1.54) is 35.4 Å². The van der Waals surface area contributed by atoms with E-state index in [-0.39, 0.29) is 82.3 Å². The Kier molecular flexibility index (Phi) is 9.45. The average Bonchev–Trinajstić information content (AvgIpc) is 2.72. The molecular formula is C22H24F3Na2O7P. The van der Waals surface area contributed by atoms with Crippen LogP contribution in [0.3, 0.4) is 0 Å². The molecule has 4 atom stereocenters. The number of rotatable bonds is 5. The Morgan fingerprint density at radius 3 is 2.31 bits per heavy atom. The summed E-state index contributed by atoms with van der Waals surface area (Å²) in [6.07, 6.45) is 2.69. The maximum atomic E-state index is 13.3. The normalized spacial score (nSPS) is 32.1. The fourth-order valence-corrected chi connectivity index (χ4v) is 6.67. The van der Waals surface area contributed by atoms with Gasteiger partial charge in [0.1, 0.15) is 20.2 Å². The summed E-state index contributed by atoms with van der Waals surface area (Å²) < 4.78 is 60.7. The third kappa shape index (κ3) is 5.52. The Labute approximate surface area is 245 Å². The van der Waals surface area contributed by atoms with Crippen LogP contribution in [0.5, 0.6) is 5.75 Å². The van der Waals surface area contributed by atoms with Crippen molar-refractivity contribution in [2.45, 2.75) is 68.9 Å². The number of benzene rings is 1. The number of allylic oxidation sites excluding steroid dienone is 1. The molecule has 13 heteroatoms. The summed E-state index contributed by atoms with van der Waals surface area (Å²) in [6, 6.07) is 5.14. The summed E-state index contributed by atoms with van der Waals surface area (Å²) in [6.45, 7) is -1.53. The molecule has 1 heterocycles. The van der Waals surface area contributed by atoms with Gasteiger partial charge in [0.05, 0.1) is 0 Å². The van der Waals surface area contributed by atoms with Crippen LogP contribution < -0.4 is 73.4 Å². The van der Waals surface area contributed by atoms with Gasteiger partial charge in [0.2, 0.25) is 0 Å². The Morgan fingerprint density at radius 1 is 1.03 bits per heavy atom. The molecule has 35 heavy (non-hydrogen) atoms. The summed E-state index contributed by atoms with van der Waals surface area (Å²) in [5, 5.41) is 0. The molecule has 0 amide bonds. The molecule has 4 aliphatic rings. The molecule has 1 aliphatic heterocycles. The first kappa shape index (κ1) is 30.1. The van der Waals surface area contributed by atoms with Crippen LogP contribution >= 0.6 is 7.82 Å². The van der Waals surface area contributed by atoms with E-state index in [0.29, 0.717) is 0 Å². The van der Waals surface area contributed by atoms with Gasteiger partial charge in [-0.25, -0.2) is 4.89 Å². The first-order valence-corrected chi connectivity index (χ1v) is 12.6. The van der Waals surface area contributed by atoms with Crippen LogP contribution in [0.25, 0.3) is 0 Å². The van der Waals surface area contributed by atoms with Crippen molar-refractivity contribution in [1.29, 1.82) is 0 Å². The largest absolute Gasteiger partial charge is 1.00 e. The molecule has 2 bridgehead atoms. The van der Waals surface area contributed by atoms with Gasteiger partial charge in [-0.05, 0) is 69.2 Å². The quantitative estimate of drug-likeness (QED) is 0.187. The Morgan fingerprint density at radius 2 is 1.71 bits per heavy atom. The minimum atomic E-state index is -5.28. The van der Waals surface area contributed by atoms with Crippen LogP contribution in [-0.2, 0) is 24.9 Å². The topological polar surface area (TPSA) is 100 Å². The van der Waals surface area contributed by atoms with Gasteiger partial charge in [-0.1, -0.05) is 17.6 Å². The van der Waals surface area contributed by atoms with E-state index < -0.39 is 32.0 Å². The van der Waals surface area contributed by atoms with E-state index in [4.69, 9.17) is 14.5 Å². The zero-order chi connectivity index (χ0) is 23.5. The van der Waals surface area contributed by atoms with Crippen molar-refractivity contribution < 1.29 is 106 Å². The van der Waals surface area contributed by atoms with Crippen LogP contribution in [0.1, 0.15) is 56.9 Å². The summed E-state index contributed by atoms with van der Waals surface area (Å²) in [4.78, 5) is 33.1. The number of halogens is 3. The molecule has 7 nitrogen and oxygen atoms in total. The Balaban J connectivity index is 0.00000171. The third-order valence-electron chi connectivity index (χ3n) is 7.41. The standard InChI is InChI=1S/C22H26F3O7P.2Na/c23-20(24,25)13-29-22(15-8-10-17(11-9-15)30-33(26,27)28)21(31-32-22)16-5-3-7-19(21)18-6-2-1-4-14(18)12-16;;/h8-11,16,19H,1-7,12-13H2,(H2,26,27,28);;/q;2*+1/p-2. The molecule has 5 rings (SSSR count). The molecule has 1 aromatic rings. The second-order valence-corrected chi connectivity index (χ2v) is 10.3. The minimum absolute atomic E-state index is 0. The van der Waals surface area contributed by atoms with Crippen LogP contribution in [0.2, 0.25) is 0 Å². The molecule has 0 radical (unpaired) electrons. The minimum Gasteiger partial charge on any atom is -0.780 e. The molecular weight excluding hydrogens is 510 g/mol. The Hall–Kier alpha value is 0.580. The van der Waals surface area contributed by atoms with Crippen molar-refractivity contribution in [2.75, 3.05) is 6.61 Å². The zero-order valence-electron chi connectivity index (χ0n) is 19.8. The number of ether oxygens (including phenoxy) is 1. The van der Waals surface area contributed by atoms with E-state index in [0.717, 1.165) is 51.4 Å². The van der Waals surface area contributed by atoms with Crippen molar-refractivity contribution in [1.82, 2.24) is 0 Å². The van der Waals surface area contributed by atoms with Crippen LogP contribution in [-0.4, -0.2) is 18.4 Å². The van der Waals surface area contributed by atoms with Crippen LogP contribution in [0.15, 0.2) is 35.4 Å². The van der Waals surface area contributed by atoms with E-state index in [1.807, 2.05) is 0 Å². The second-order valence-electron chi connectivity index (χ2n) is 9.26. The molecule has 0 aromatic heterocycles. The van der Waals surface area contributed by atoms with E-state index in [2.05, 4.69) is 4.52 Å². The number of alkyl halides is 3. The van der Waals surface area contributed by atoms with Crippen molar-refractivity contribution in [3.63, 3.8) is 0 Å². The monoisotopic (exact) mass is 534 g/mol. The van der Waals surface area contributed by atoms with Gasteiger partial charge in [-0.2, -0.15) is 18.1 Å². The van der Waals surface area contributed by atoms with Gasteiger partial charge in [-0.3, -0.25) is 0 Å². The third-order valence-corrected chi connectivity index (χ3v) is 7.85. The summed E-state index contributed by atoms with van der Waals surface area (Å²) >= 11 is 0. The number of phosphoric ester groups is 1. The molecule has 182 valence electrons. The zero-order valence-corrected chi connectivity index (χ0v) is 24.7. The SMILES string of the molecule is O=P([O-])([O-])Oc1ccc(C2(OCC(F)(F)F)OOC23C2CCCC3C3=C(CCCC3)C2)cc1.[Na+].[Na+]. The number of fused-ring (bicyclic) bond motifs is 1. The predicted molar refractivity (Wildman–Crippen MR) is 104 cm³/mol. The van der Waals surface area contributed by atoms with Crippen molar-refractivity contribution in [2.24, 2.45) is 11.8 Å². The molecule has 0 N–H and O–H groups in total. The van der Waals surface area contributed by atoms with Gasteiger partial charge >= 0.3 is 65.3 Å². The first-order chi connectivity index (χ1) is 15.5.